The molecule has 1 atom stereocenters. The maximum atomic E-state index is 6.09. The molecule has 2 aromatic rings. The van der Waals surface area contributed by atoms with Gasteiger partial charge in [0.25, 0.3) is 0 Å². The van der Waals surface area contributed by atoms with Crippen molar-refractivity contribution < 1.29 is 0 Å². The lowest BCUT2D eigenvalue weighted by atomic mass is 9.86. The molecule has 4 rings (SSSR count). The van der Waals surface area contributed by atoms with Gasteiger partial charge in [0.15, 0.2) is 11.6 Å². The van der Waals surface area contributed by atoms with Crippen molar-refractivity contribution in [3.8, 4) is 5.69 Å². The third-order valence-electron chi connectivity index (χ3n) is 5.03. The van der Waals surface area contributed by atoms with Gasteiger partial charge in [-0.15, -0.1) is 10.2 Å². The van der Waals surface area contributed by atoms with E-state index >= 15 is 0 Å². The third-order valence-corrected chi connectivity index (χ3v) is 5.21. The van der Waals surface area contributed by atoms with Gasteiger partial charge in [-0.3, -0.25) is 4.57 Å². The van der Waals surface area contributed by atoms with E-state index in [1.54, 1.807) is 6.20 Å². The van der Waals surface area contributed by atoms with E-state index in [0.29, 0.717) is 5.28 Å². The summed E-state index contributed by atoms with van der Waals surface area (Å²) in [4.78, 5) is 11.1. The minimum absolute atomic E-state index is 0.136. The lowest BCUT2D eigenvalue weighted by Gasteiger charge is -2.46. The first-order chi connectivity index (χ1) is 10.7. The average Bonchev–Trinajstić information content (AvgIpc) is 2.78. The number of fused-ring (bicyclic) bond motifs is 6. The molecule has 0 spiro atoms. The second kappa shape index (κ2) is 4.91. The Morgan fingerprint density at radius 1 is 1.27 bits per heavy atom. The van der Waals surface area contributed by atoms with Crippen LogP contribution in [0.2, 0.25) is 5.28 Å². The normalized spacial score (nSPS) is 23.5. The first kappa shape index (κ1) is 13.9. The standard InChI is InChI=1S/C15H19ClN6/c1-3-15-7-5-4-6-8-21(15)12-11(9-17-14(16)18-12)22-10(2)19-20-13(15)22/h9H,3-8H2,1-2H3. The largest absolute Gasteiger partial charge is 0.342 e. The van der Waals surface area contributed by atoms with Crippen molar-refractivity contribution in [2.24, 2.45) is 0 Å². The highest BCUT2D eigenvalue weighted by molar-refractivity contribution is 6.28. The average molecular weight is 319 g/mol. The number of hydrogen-bond donors (Lipinski definition) is 0. The Morgan fingerprint density at radius 2 is 2.14 bits per heavy atom. The number of anilines is 1. The topological polar surface area (TPSA) is 59.7 Å². The van der Waals surface area contributed by atoms with E-state index in [-0.39, 0.29) is 5.54 Å². The first-order valence-corrected chi connectivity index (χ1v) is 8.28. The maximum Gasteiger partial charge on any atom is 0.224 e. The molecule has 4 heterocycles. The summed E-state index contributed by atoms with van der Waals surface area (Å²) in [6.45, 7) is 5.17. The number of hydrogen-bond acceptors (Lipinski definition) is 5. The lowest BCUT2D eigenvalue weighted by molar-refractivity contribution is 0.329. The molecule has 0 radical (unpaired) electrons. The minimum atomic E-state index is -0.136. The summed E-state index contributed by atoms with van der Waals surface area (Å²) >= 11 is 6.09. The second-order valence-electron chi connectivity index (χ2n) is 6.10. The smallest absolute Gasteiger partial charge is 0.224 e. The highest BCUT2D eigenvalue weighted by atomic mass is 35.5. The van der Waals surface area contributed by atoms with E-state index in [1.807, 2.05) is 6.92 Å². The van der Waals surface area contributed by atoms with Gasteiger partial charge >= 0.3 is 0 Å². The predicted octanol–water partition coefficient (Wildman–Crippen LogP) is 3.02. The Hall–Kier alpha value is -1.69. The molecule has 0 saturated carbocycles. The van der Waals surface area contributed by atoms with Gasteiger partial charge in [-0.05, 0) is 37.8 Å². The van der Waals surface area contributed by atoms with Crippen LogP contribution in [0, 0.1) is 6.92 Å². The van der Waals surface area contributed by atoms with Crippen molar-refractivity contribution in [2.75, 3.05) is 11.4 Å². The van der Waals surface area contributed by atoms with Crippen molar-refractivity contribution in [2.45, 2.75) is 51.5 Å². The zero-order valence-electron chi connectivity index (χ0n) is 12.9. The molecule has 0 aliphatic carbocycles. The summed E-state index contributed by atoms with van der Waals surface area (Å²) in [5, 5.41) is 9.16. The van der Waals surface area contributed by atoms with Crippen LogP contribution in [-0.2, 0) is 5.54 Å². The van der Waals surface area contributed by atoms with Gasteiger partial charge in [-0.1, -0.05) is 19.8 Å². The van der Waals surface area contributed by atoms with Crippen LogP contribution in [0.15, 0.2) is 6.20 Å². The molecule has 0 amide bonds. The van der Waals surface area contributed by atoms with E-state index in [9.17, 15) is 0 Å². The van der Waals surface area contributed by atoms with Crippen molar-refractivity contribution in [3.05, 3.63) is 23.1 Å². The fraction of sp³-hybridized carbons (Fsp3) is 0.600. The molecule has 0 bridgehead atoms. The van der Waals surface area contributed by atoms with E-state index in [1.165, 1.54) is 12.8 Å². The van der Waals surface area contributed by atoms with Gasteiger partial charge in [0.05, 0.1) is 6.20 Å². The molecule has 2 aliphatic rings. The van der Waals surface area contributed by atoms with Crippen LogP contribution in [0.5, 0.6) is 0 Å². The first-order valence-electron chi connectivity index (χ1n) is 7.90. The van der Waals surface area contributed by atoms with Crippen LogP contribution in [-0.4, -0.2) is 31.3 Å². The van der Waals surface area contributed by atoms with Crippen LogP contribution >= 0.6 is 11.6 Å². The highest BCUT2D eigenvalue weighted by Gasteiger charge is 2.47. The molecule has 2 aliphatic heterocycles. The molecule has 2 aromatic heterocycles. The van der Waals surface area contributed by atoms with Crippen LogP contribution in [0.4, 0.5) is 5.82 Å². The number of halogens is 1. The highest BCUT2D eigenvalue weighted by Crippen LogP contribution is 2.47. The summed E-state index contributed by atoms with van der Waals surface area (Å²) in [6, 6.07) is 0. The molecule has 0 aromatic carbocycles. The quantitative estimate of drug-likeness (QED) is 0.756. The van der Waals surface area contributed by atoms with Gasteiger partial charge in [-0.2, -0.15) is 4.98 Å². The summed E-state index contributed by atoms with van der Waals surface area (Å²) in [5.41, 5.74) is 0.801. The third kappa shape index (κ3) is 1.73. The zero-order valence-corrected chi connectivity index (χ0v) is 13.6. The van der Waals surface area contributed by atoms with Crippen LogP contribution in [0.3, 0.4) is 0 Å². The van der Waals surface area contributed by atoms with E-state index in [2.05, 4.69) is 36.6 Å². The Morgan fingerprint density at radius 3 is 2.95 bits per heavy atom. The molecule has 1 saturated heterocycles. The Labute approximate surface area is 134 Å². The van der Waals surface area contributed by atoms with E-state index < -0.39 is 0 Å². The Bertz CT molecular complexity index is 727. The van der Waals surface area contributed by atoms with Crippen molar-refractivity contribution in [1.82, 2.24) is 24.7 Å². The zero-order chi connectivity index (χ0) is 15.3. The van der Waals surface area contributed by atoms with Crippen molar-refractivity contribution in [3.63, 3.8) is 0 Å². The number of nitrogens with zero attached hydrogens (tertiary/aromatic N) is 6. The SMILES string of the molecule is CCC12CCCCCN1c1nc(Cl)ncc1-n1c(C)nnc12. The van der Waals surface area contributed by atoms with Gasteiger partial charge in [-0.25, -0.2) is 4.98 Å². The van der Waals surface area contributed by atoms with Crippen LogP contribution < -0.4 is 4.90 Å². The fourth-order valence-corrected chi connectivity index (χ4v) is 4.06. The van der Waals surface area contributed by atoms with Gasteiger partial charge in [0, 0.05) is 6.54 Å². The maximum absolute atomic E-state index is 6.09. The molecular weight excluding hydrogens is 300 g/mol. The van der Waals surface area contributed by atoms with Gasteiger partial charge in [0.1, 0.15) is 17.1 Å². The van der Waals surface area contributed by atoms with Crippen molar-refractivity contribution >= 4 is 17.4 Å². The van der Waals surface area contributed by atoms with E-state index in [0.717, 1.165) is 49.0 Å². The molecule has 6 nitrogen and oxygen atoms in total. The number of aromatic nitrogens is 5. The summed E-state index contributed by atoms with van der Waals surface area (Å²) < 4.78 is 2.11. The van der Waals surface area contributed by atoms with Gasteiger partial charge < -0.3 is 4.90 Å². The molecule has 1 unspecified atom stereocenters. The molecule has 0 N–H and O–H groups in total. The molecule has 7 heteroatoms. The molecule has 116 valence electrons. The Balaban J connectivity index is 2.04. The minimum Gasteiger partial charge on any atom is -0.342 e. The molecule has 22 heavy (non-hydrogen) atoms. The second-order valence-corrected chi connectivity index (χ2v) is 6.44. The lowest BCUT2D eigenvalue weighted by Crippen LogP contribution is -2.51. The number of aryl methyl sites for hydroxylation is 1. The monoisotopic (exact) mass is 318 g/mol. The van der Waals surface area contributed by atoms with Crippen LogP contribution in [0.1, 0.15) is 50.7 Å². The fourth-order valence-electron chi connectivity index (χ4n) is 3.93. The van der Waals surface area contributed by atoms with Crippen molar-refractivity contribution in [1.29, 1.82) is 0 Å². The molecular formula is C15H19ClN6. The Kier molecular flexibility index (Phi) is 3.11. The van der Waals surface area contributed by atoms with Crippen LogP contribution in [0.25, 0.3) is 5.69 Å². The number of rotatable bonds is 1. The predicted molar refractivity (Wildman–Crippen MR) is 84.5 cm³/mol. The van der Waals surface area contributed by atoms with E-state index in [4.69, 9.17) is 11.6 Å². The summed E-state index contributed by atoms with van der Waals surface area (Å²) in [5.74, 6) is 2.81. The summed E-state index contributed by atoms with van der Waals surface area (Å²) in [7, 11) is 0. The summed E-state index contributed by atoms with van der Waals surface area (Å²) in [6.07, 6.45) is 7.43. The van der Waals surface area contributed by atoms with Gasteiger partial charge in [0.2, 0.25) is 5.28 Å². The molecule has 1 fully saturated rings.